The molecule has 23 heavy (non-hydrogen) atoms. The lowest BCUT2D eigenvalue weighted by atomic mass is 10.0. The molecule has 3 rings (SSSR count). The van der Waals surface area contributed by atoms with E-state index in [2.05, 4.69) is 5.32 Å². The fourth-order valence-corrected chi connectivity index (χ4v) is 2.32. The van der Waals surface area contributed by atoms with Crippen LogP contribution in [0.15, 0.2) is 71.6 Å². The standard InChI is InChI=1S/C18H18N2O3/c1-18(22,16-5-4-12-23-16)13-19-17(21)14-6-8-15(9-7-14)20-10-2-3-11-20/h2-12,22H,13H2,1H3,(H,19,21). The van der Waals surface area contributed by atoms with Crippen molar-refractivity contribution >= 4 is 5.91 Å². The van der Waals surface area contributed by atoms with Gasteiger partial charge in [0.2, 0.25) is 0 Å². The van der Waals surface area contributed by atoms with Gasteiger partial charge in [-0.05, 0) is 55.5 Å². The van der Waals surface area contributed by atoms with E-state index < -0.39 is 5.60 Å². The van der Waals surface area contributed by atoms with Crippen molar-refractivity contribution in [1.82, 2.24) is 9.88 Å². The average molecular weight is 310 g/mol. The topological polar surface area (TPSA) is 67.4 Å². The first kappa shape index (κ1) is 15.1. The molecule has 0 spiro atoms. The van der Waals surface area contributed by atoms with E-state index in [0.717, 1.165) is 5.69 Å². The van der Waals surface area contributed by atoms with E-state index in [9.17, 15) is 9.90 Å². The molecule has 0 saturated heterocycles. The summed E-state index contributed by atoms with van der Waals surface area (Å²) in [5, 5.41) is 13.1. The Balaban J connectivity index is 1.64. The van der Waals surface area contributed by atoms with Gasteiger partial charge in [-0.1, -0.05) is 0 Å². The number of hydrogen-bond acceptors (Lipinski definition) is 3. The summed E-state index contributed by atoms with van der Waals surface area (Å²) in [6.45, 7) is 1.67. The number of aliphatic hydroxyl groups is 1. The van der Waals surface area contributed by atoms with Crippen LogP contribution in [0.4, 0.5) is 0 Å². The van der Waals surface area contributed by atoms with E-state index in [0.29, 0.717) is 11.3 Å². The van der Waals surface area contributed by atoms with Crippen molar-refractivity contribution in [3.05, 3.63) is 78.5 Å². The zero-order valence-electron chi connectivity index (χ0n) is 12.8. The van der Waals surface area contributed by atoms with Crippen molar-refractivity contribution in [2.75, 3.05) is 6.54 Å². The van der Waals surface area contributed by atoms with Gasteiger partial charge in [-0.15, -0.1) is 0 Å². The highest BCUT2D eigenvalue weighted by Crippen LogP contribution is 2.20. The van der Waals surface area contributed by atoms with Gasteiger partial charge in [-0.25, -0.2) is 0 Å². The molecule has 0 aliphatic rings. The zero-order valence-corrected chi connectivity index (χ0v) is 12.8. The lowest BCUT2D eigenvalue weighted by Gasteiger charge is -2.21. The molecule has 0 bridgehead atoms. The minimum atomic E-state index is -1.25. The molecule has 2 heterocycles. The van der Waals surface area contributed by atoms with Crippen LogP contribution in [-0.4, -0.2) is 22.1 Å². The Morgan fingerprint density at radius 3 is 2.48 bits per heavy atom. The third kappa shape index (κ3) is 3.35. The number of nitrogens with one attached hydrogen (secondary N) is 1. The van der Waals surface area contributed by atoms with E-state index in [1.807, 2.05) is 41.2 Å². The molecule has 0 saturated carbocycles. The monoisotopic (exact) mass is 310 g/mol. The second kappa shape index (κ2) is 6.14. The second-order valence-electron chi connectivity index (χ2n) is 5.57. The number of aromatic nitrogens is 1. The molecule has 0 radical (unpaired) electrons. The third-order valence-electron chi connectivity index (χ3n) is 3.68. The fraction of sp³-hybridized carbons (Fsp3) is 0.167. The van der Waals surface area contributed by atoms with Gasteiger partial charge in [-0.2, -0.15) is 0 Å². The minimum absolute atomic E-state index is 0.0682. The van der Waals surface area contributed by atoms with Gasteiger partial charge < -0.3 is 19.4 Å². The highest BCUT2D eigenvalue weighted by Gasteiger charge is 2.26. The van der Waals surface area contributed by atoms with Crippen LogP contribution in [0.1, 0.15) is 23.0 Å². The summed E-state index contributed by atoms with van der Waals surface area (Å²) in [5.41, 5.74) is 0.273. The number of rotatable bonds is 5. The van der Waals surface area contributed by atoms with Gasteiger partial charge in [0.15, 0.2) is 0 Å². The Hall–Kier alpha value is -2.79. The third-order valence-corrected chi connectivity index (χ3v) is 3.68. The normalized spacial score (nSPS) is 13.5. The summed E-state index contributed by atoms with van der Waals surface area (Å²) in [6, 6.07) is 14.5. The Morgan fingerprint density at radius 1 is 1.17 bits per heavy atom. The molecule has 1 aromatic carbocycles. The number of amides is 1. The van der Waals surface area contributed by atoms with Crippen LogP contribution in [0.25, 0.3) is 5.69 Å². The molecule has 0 aliphatic heterocycles. The minimum Gasteiger partial charge on any atom is -0.466 e. The molecule has 5 nitrogen and oxygen atoms in total. The van der Waals surface area contributed by atoms with Crippen molar-refractivity contribution in [3.63, 3.8) is 0 Å². The zero-order chi connectivity index (χ0) is 16.3. The molecule has 1 atom stereocenters. The summed E-state index contributed by atoms with van der Waals surface area (Å²) in [5.74, 6) is 0.177. The molecule has 1 unspecified atom stereocenters. The molecule has 1 amide bonds. The lowest BCUT2D eigenvalue weighted by molar-refractivity contribution is 0.0330. The first-order chi connectivity index (χ1) is 11.1. The van der Waals surface area contributed by atoms with E-state index in [1.165, 1.54) is 6.26 Å². The summed E-state index contributed by atoms with van der Waals surface area (Å²) >= 11 is 0. The van der Waals surface area contributed by atoms with Crippen LogP contribution in [0.2, 0.25) is 0 Å². The molecule has 2 N–H and O–H groups in total. The van der Waals surface area contributed by atoms with E-state index in [4.69, 9.17) is 4.42 Å². The molecule has 0 fully saturated rings. The van der Waals surface area contributed by atoms with E-state index >= 15 is 0 Å². The molecule has 5 heteroatoms. The SMILES string of the molecule is CC(O)(CNC(=O)c1ccc(-n2cccc2)cc1)c1ccco1. The smallest absolute Gasteiger partial charge is 0.251 e. The fourth-order valence-electron chi connectivity index (χ4n) is 2.32. The van der Waals surface area contributed by atoms with Crippen LogP contribution >= 0.6 is 0 Å². The Labute approximate surface area is 134 Å². The highest BCUT2D eigenvalue weighted by atomic mass is 16.4. The molecule has 2 aromatic heterocycles. The first-order valence-electron chi connectivity index (χ1n) is 7.34. The van der Waals surface area contributed by atoms with Crippen molar-refractivity contribution in [1.29, 1.82) is 0 Å². The van der Waals surface area contributed by atoms with Gasteiger partial charge in [-0.3, -0.25) is 4.79 Å². The molecular formula is C18H18N2O3. The van der Waals surface area contributed by atoms with Gasteiger partial charge in [0, 0.05) is 23.6 Å². The average Bonchev–Trinajstić information content (AvgIpc) is 3.26. The summed E-state index contributed by atoms with van der Waals surface area (Å²) in [6.07, 6.45) is 5.37. The first-order valence-corrected chi connectivity index (χ1v) is 7.34. The van der Waals surface area contributed by atoms with Crippen LogP contribution in [0.3, 0.4) is 0 Å². The molecule has 118 valence electrons. The van der Waals surface area contributed by atoms with Crippen molar-refractivity contribution in [2.45, 2.75) is 12.5 Å². The number of nitrogens with zero attached hydrogens (tertiary/aromatic N) is 1. The van der Waals surface area contributed by atoms with Gasteiger partial charge >= 0.3 is 0 Å². The number of hydrogen-bond donors (Lipinski definition) is 2. The molecule has 0 aliphatic carbocycles. The number of carbonyl (C=O) groups excluding carboxylic acids is 1. The predicted molar refractivity (Wildman–Crippen MR) is 86.4 cm³/mol. The number of furan rings is 1. The van der Waals surface area contributed by atoms with Crippen LogP contribution < -0.4 is 5.32 Å². The second-order valence-corrected chi connectivity index (χ2v) is 5.57. The Bertz CT molecular complexity index is 757. The van der Waals surface area contributed by atoms with E-state index in [1.54, 1.807) is 31.2 Å². The van der Waals surface area contributed by atoms with Crippen LogP contribution in [-0.2, 0) is 5.60 Å². The summed E-state index contributed by atoms with van der Waals surface area (Å²) in [7, 11) is 0. The van der Waals surface area contributed by atoms with Gasteiger partial charge in [0.05, 0.1) is 12.8 Å². The maximum atomic E-state index is 12.2. The summed E-state index contributed by atoms with van der Waals surface area (Å²) < 4.78 is 7.15. The van der Waals surface area contributed by atoms with Crippen LogP contribution in [0.5, 0.6) is 0 Å². The van der Waals surface area contributed by atoms with Crippen molar-refractivity contribution in [3.8, 4) is 5.69 Å². The molecule has 3 aromatic rings. The maximum absolute atomic E-state index is 12.2. The van der Waals surface area contributed by atoms with Gasteiger partial charge in [0.1, 0.15) is 11.4 Å². The Kier molecular flexibility index (Phi) is 4.04. The largest absolute Gasteiger partial charge is 0.466 e. The Morgan fingerprint density at radius 2 is 1.87 bits per heavy atom. The highest BCUT2D eigenvalue weighted by molar-refractivity contribution is 5.94. The molecular weight excluding hydrogens is 292 g/mol. The van der Waals surface area contributed by atoms with Crippen molar-refractivity contribution < 1.29 is 14.3 Å². The van der Waals surface area contributed by atoms with Crippen LogP contribution in [0, 0.1) is 0 Å². The van der Waals surface area contributed by atoms with E-state index in [-0.39, 0.29) is 12.5 Å². The lowest BCUT2D eigenvalue weighted by Crippen LogP contribution is -2.38. The van der Waals surface area contributed by atoms with Gasteiger partial charge in [0.25, 0.3) is 5.91 Å². The number of benzene rings is 1. The van der Waals surface area contributed by atoms with Crippen molar-refractivity contribution in [2.24, 2.45) is 0 Å². The number of carbonyl (C=O) groups is 1. The predicted octanol–water partition coefficient (Wildman–Crippen LogP) is 2.71. The quantitative estimate of drug-likeness (QED) is 0.761. The maximum Gasteiger partial charge on any atom is 0.251 e. The summed E-state index contributed by atoms with van der Waals surface area (Å²) in [4.78, 5) is 12.2.